The molecular formula is C8H9F3N3-. The summed E-state index contributed by atoms with van der Waals surface area (Å²) in [6.07, 6.45) is -4.02. The van der Waals surface area contributed by atoms with Crippen molar-refractivity contribution in [1.82, 2.24) is 9.78 Å². The molecule has 14 heavy (non-hydrogen) atoms. The average molecular weight is 204 g/mol. The van der Waals surface area contributed by atoms with E-state index in [9.17, 15) is 13.2 Å². The van der Waals surface area contributed by atoms with Crippen molar-refractivity contribution in [3.63, 3.8) is 0 Å². The van der Waals surface area contributed by atoms with Gasteiger partial charge < -0.3 is 15.5 Å². The quantitative estimate of drug-likeness (QED) is 0.693. The number of nitrogens with one attached hydrogen (secondary N) is 1. The number of halogens is 3. The summed E-state index contributed by atoms with van der Waals surface area (Å²) in [6, 6.07) is 1.19. The van der Waals surface area contributed by atoms with Crippen molar-refractivity contribution in [3.05, 3.63) is 17.5 Å². The van der Waals surface area contributed by atoms with Crippen molar-refractivity contribution in [1.29, 1.82) is 0 Å². The summed E-state index contributed by atoms with van der Waals surface area (Å²) >= 11 is 0. The van der Waals surface area contributed by atoms with Gasteiger partial charge in [0.15, 0.2) is 0 Å². The standard InChI is InChI=1S/C8H9F3N3/c1-14-5(4-6(12)13-14)7(2-3-7)8(9,10)11/h4H,2-3H2,1H3,(H-,12,13)/q-1. The topological polar surface area (TPSA) is 41.6 Å². The van der Waals surface area contributed by atoms with E-state index in [0.29, 0.717) is 0 Å². The second-order valence-electron chi connectivity index (χ2n) is 3.62. The van der Waals surface area contributed by atoms with E-state index in [1.54, 1.807) is 0 Å². The molecule has 0 atom stereocenters. The summed E-state index contributed by atoms with van der Waals surface area (Å²) in [5.74, 6) is -0.113. The molecule has 0 amide bonds. The number of rotatable bonds is 1. The maximum absolute atomic E-state index is 12.7. The van der Waals surface area contributed by atoms with Crippen LogP contribution in [-0.2, 0) is 12.5 Å². The van der Waals surface area contributed by atoms with Crippen LogP contribution < -0.4 is 0 Å². The first-order chi connectivity index (χ1) is 6.37. The molecular weight excluding hydrogens is 195 g/mol. The Hall–Kier alpha value is -1.20. The summed E-state index contributed by atoms with van der Waals surface area (Å²) in [4.78, 5) is 0. The van der Waals surface area contributed by atoms with Gasteiger partial charge in [-0.05, 0) is 24.7 Å². The molecule has 0 unspecified atom stereocenters. The van der Waals surface area contributed by atoms with E-state index in [4.69, 9.17) is 5.73 Å². The largest absolute Gasteiger partial charge is 0.481 e. The summed E-state index contributed by atoms with van der Waals surface area (Å²) in [6.45, 7) is 0. The van der Waals surface area contributed by atoms with Gasteiger partial charge in [0.25, 0.3) is 0 Å². The zero-order chi connectivity index (χ0) is 10.6. The summed E-state index contributed by atoms with van der Waals surface area (Å²) in [7, 11) is 1.44. The minimum Gasteiger partial charge on any atom is -0.481 e. The van der Waals surface area contributed by atoms with Crippen molar-refractivity contribution in [2.75, 3.05) is 0 Å². The monoisotopic (exact) mass is 204 g/mol. The number of alkyl halides is 3. The molecule has 78 valence electrons. The highest BCUT2D eigenvalue weighted by molar-refractivity contribution is 5.41. The fraction of sp³-hybridized carbons (Fsp3) is 0.625. The molecule has 0 aliphatic heterocycles. The van der Waals surface area contributed by atoms with Crippen LogP contribution in [0.5, 0.6) is 0 Å². The Kier molecular flexibility index (Phi) is 1.62. The van der Waals surface area contributed by atoms with Crippen molar-refractivity contribution in [2.45, 2.75) is 24.4 Å². The van der Waals surface area contributed by atoms with E-state index < -0.39 is 11.6 Å². The van der Waals surface area contributed by atoms with Crippen molar-refractivity contribution in [3.8, 4) is 0 Å². The fourth-order valence-electron chi connectivity index (χ4n) is 1.72. The Morgan fingerprint density at radius 2 is 2.07 bits per heavy atom. The molecule has 0 aromatic carbocycles. The maximum Gasteiger partial charge on any atom is 0.399 e. The lowest BCUT2D eigenvalue weighted by Gasteiger charge is -2.20. The zero-order valence-corrected chi connectivity index (χ0v) is 7.52. The van der Waals surface area contributed by atoms with Gasteiger partial charge in [-0.25, -0.2) is 0 Å². The highest BCUT2D eigenvalue weighted by Crippen LogP contribution is 2.59. The van der Waals surface area contributed by atoms with Crippen LogP contribution in [0.15, 0.2) is 6.07 Å². The Bertz CT molecular complexity index is 362. The first kappa shape index (κ1) is 9.36. The molecule has 0 saturated heterocycles. The second-order valence-corrected chi connectivity index (χ2v) is 3.62. The van der Waals surface area contributed by atoms with Crippen LogP contribution in [0.3, 0.4) is 0 Å². The highest BCUT2D eigenvalue weighted by Gasteiger charge is 2.65. The predicted octanol–water partition coefficient (Wildman–Crippen LogP) is 2.70. The Balaban J connectivity index is 2.45. The van der Waals surface area contributed by atoms with Crippen LogP contribution in [0.4, 0.5) is 19.0 Å². The third-order valence-electron chi connectivity index (χ3n) is 2.66. The zero-order valence-electron chi connectivity index (χ0n) is 7.52. The van der Waals surface area contributed by atoms with Crippen molar-refractivity contribution < 1.29 is 13.2 Å². The highest BCUT2D eigenvalue weighted by atomic mass is 19.4. The lowest BCUT2D eigenvalue weighted by molar-refractivity contribution is -0.162. The molecule has 0 bridgehead atoms. The van der Waals surface area contributed by atoms with Crippen molar-refractivity contribution in [2.24, 2.45) is 7.05 Å². The van der Waals surface area contributed by atoms with Gasteiger partial charge in [-0.3, -0.25) is 0 Å². The van der Waals surface area contributed by atoms with Crippen LogP contribution in [-0.4, -0.2) is 16.0 Å². The lowest BCUT2D eigenvalue weighted by Crippen LogP contribution is -2.30. The summed E-state index contributed by atoms with van der Waals surface area (Å²) < 4.78 is 39.2. The van der Waals surface area contributed by atoms with Crippen LogP contribution in [0, 0.1) is 0 Å². The van der Waals surface area contributed by atoms with E-state index in [2.05, 4.69) is 5.10 Å². The molecule has 1 aliphatic carbocycles. The molecule has 0 spiro atoms. The number of aryl methyl sites for hydroxylation is 1. The van der Waals surface area contributed by atoms with E-state index >= 15 is 0 Å². The molecule has 0 radical (unpaired) electrons. The summed E-state index contributed by atoms with van der Waals surface area (Å²) in [5, 5.41) is 3.61. The average Bonchev–Trinajstić information content (AvgIpc) is 2.73. The fourth-order valence-corrected chi connectivity index (χ4v) is 1.72. The van der Waals surface area contributed by atoms with Gasteiger partial charge in [0.2, 0.25) is 0 Å². The van der Waals surface area contributed by atoms with Gasteiger partial charge in [0, 0.05) is 12.7 Å². The SMILES string of the molecule is Cn1nc([NH-])cc1C1(C(F)(F)F)CC1. The van der Waals surface area contributed by atoms with Crippen LogP contribution in [0.25, 0.3) is 5.73 Å². The predicted molar refractivity (Wildman–Crippen MR) is 44.2 cm³/mol. The first-order valence-corrected chi connectivity index (χ1v) is 4.20. The van der Waals surface area contributed by atoms with E-state index in [0.717, 1.165) is 4.68 Å². The minimum atomic E-state index is -4.23. The Labute approximate surface area is 78.7 Å². The van der Waals surface area contributed by atoms with Crippen LogP contribution >= 0.6 is 0 Å². The molecule has 1 heterocycles. The molecule has 3 nitrogen and oxygen atoms in total. The number of nitrogens with zero attached hydrogens (tertiary/aromatic N) is 2. The molecule has 1 saturated carbocycles. The second kappa shape index (κ2) is 2.43. The molecule has 2 rings (SSSR count). The maximum atomic E-state index is 12.7. The van der Waals surface area contributed by atoms with E-state index in [1.807, 2.05) is 0 Å². The Morgan fingerprint density at radius 1 is 1.50 bits per heavy atom. The van der Waals surface area contributed by atoms with E-state index in [1.165, 1.54) is 13.1 Å². The number of hydrogen-bond acceptors (Lipinski definition) is 1. The van der Waals surface area contributed by atoms with Crippen LogP contribution in [0.1, 0.15) is 18.5 Å². The van der Waals surface area contributed by atoms with Gasteiger partial charge in [-0.15, -0.1) is 0 Å². The third kappa shape index (κ3) is 1.09. The van der Waals surface area contributed by atoms with E-state index in [-0.39, 0.29) is 24.4 Å². The normalized spacial score (nSPS) is 19.7. The van der Waals surface area contributed by atoms with Crippen molar-refractivity contribution >= 4 is 5.82 Å². The molecule has 1 aromatic rings. The van der Waals surface area contributed by atoms with Gasteiger partial charge in [-0.1, -0.05) is 0 Å². The number of hydrogen-bond donors (Lipinski definition) is 0. The van der Waals surface area contributed by atoms with Crippen LogP contribution in [0.2, 0.25) is 0 Å². The van der Waals surface area contributed by atoms with Gasteiger partial charge in [0.05, 0.1) is 0 Å². The smallest absolute Gasteiger partial charge is 0.399 e. The molecule has 1 N–H and O–H groups in total. The minimum absolute atomic E-state index is 0.106. The molecule has 6 heteroatoms. The summed E-state index contributed by atoms with van der Waals surface area (Å²) in [5.41, 5.74) is 5.55. The van der Waals surface area contributed by atoms with Gasteiger partial charge in [-0.2, -0.15) is 13.2 Å². The first-order valence-electron chi connectivity index (χ1n) is 4.20. The lowest BCUT2D eigenvalue weighted by atomic mass is 10.0. The molecule has 1 fully saturated rings. The molecule has 1 aliphatic rings. The van der Waals surface area contributed by atoms with Gasteiger partial charge >= 0.3 is 6.18 Å². The van der Waals surface area contributed by atoms with Gasteiger partial charge in [0.1, 0.15) is 5.41 Å². The molecule has 1 aromatic heterocycles. The third-order valence-corrected chi connectivity index (χ3v) is 2.66. The number of aromatic nitrogens is 2. The Morgan fingerprint density at radius 3 is 2.36 bits per heavy atom.